The molecule has 2 aromatic carbocycles. The zero-order chi connectivity index (χ0) is 20.8. The normalized spacial score (nSPS) is 20.6. The van der Waals surface area contributed by atoms with E-state index in [9.17, 15) is 4.79 Å². The lowest BCUT2D eigenvalue weighted by molar-refractivity contribution is -0.150. The molecule has 2 unspecified atom stereocenters. The predicted molar refractivity (Wildman–Crippen MR) is 122 cm³/mol. The summed E-state index contributed by atoms with van der Waals surface area (Å²) >= 11 is 0. The molecule has 0 aromatic heterocycles. The Balaban J connectivity index is 1.48. The minimum Gasteiger partial charge on any atom is -0.466 e. The van der Waals surface area contributed by atoms with Crippen LogP contribution in [0, 0.1) is 5.92 Å². The molecule has 0 bridgehead atoms. The second-order valence-corrected chi connectivity index (χ2v) is 8.42. The molecule has 1 fully saturated rings. The Labute approximate surface area is 180 Å². The molecule has 2 aliphatic rings. The van der Waals surface area contributed by atoms with E-state index < -0.39 is 0 Å². The van der Waals surface area contributed by atoms with Gasteiger partial charge in [0.1, 0.15) is 0 Å². The van der Waals surface area contributed by atoms with Crippen LogP contribution in [0.1, 0.15) is 61.3 Å². The molecule has 0 amide bonds. The third kappa shape index (κ3) is 4.67. The van der Waals surface area contributed by atoms with Crippen LogP contribution in [0.25, 0.3) is 5.57 Å². The molecule has 0 saturated heterocycles. The van der Waals surface area contributed by atoms with Crippen molar-refractivity contribution in [2.24, 2.45) is 5.92 Å². The van der Waals surface area contributed by atoms with Crippen LogP contribution in [0.2, 0.25) is 0 Å². The number of carbonyl (C=O) groups excluding carboxylic acids is 1. The quantitative estimate of drug-likeness (QED) is 0.524. The van der Waals surface area contributed by atoms with E-state index in [4.69, 9.17) is 4.74 Å². The summed E-state index contributed by atoms with van der Waals surface area (Å²) in [5.41, 5.74) is 6.95. The summed E-state index contributed by atoms with van der Waals surface area (Å²) < 4.78 is 5.31. The van der Waals surface area contributed by atoms with Crippen molar-refractivity contribution in [3.05, 3.63) is 76.9 Å². The summed E-state index contributed by atoms with van der Waals surface area (Å²) in [6, 6.07) is 17.9. The number of carbonyl (C=O) groups is 1. The number of fused-ring (bicyclic) bond motifs is 2. The van der Waals surface area contributed by atoms with Crippen molar-refractivity contribution in [2.75, 3.05) is 13.2 Å². The van der Waals surface area contributed by atoms with Gasteiger partial charge in [0.05, 0.1) is 12.5 Å². The smallest absolute Gasteiger partial charge is 0.310 e. The summed E-state index contributed by atoms with van der Waals surface area (Å²) in [4.78, 5) is 12.3. The van der Waals surface area contributed by atoms with Gasteiger partial charge in [-0.15, -0.1) is 0 Å². The van der Waals surface area contributed by atoms with Crippen LogP contribution in [-0.2, 0) is 22.4 Å². The highest BCUT2D eigenvalue weighted by Crippen LogP contribution is 2.33. The first-order valence-electron chi connectivity index (χ1n) is 11.5. The van der Waals surface area contributed by atoms with Crippen LogP contribution >= 0.6 is 0 Å². The van der Waals surface area contributed by atoms with Gasteiger partial charge in [0, 0.05) is 6.04 Å². The average molecular weight is 404 g/mol. The lowest BCUT2D eigenvalue weighted by Gasteiger charge is -2.30. The third-order valence-electron chi connectivity index (χ3n) is 6.53. The third-order valence-corrected chi connectivity index (χ3v) is 6.53. The van der Waals surface area contributed by atoms with Crippen LogP contribution in [0.4, 0.5) is 0 Å². The first-order chi connectivity index (χ1) is 14.8. The second-order valence-electron chi connectivity index (χ2n) is 8.42. The van der Waals surface area contributed by atoms with E-state index in [-0.39, 0.29) is 17.9 Å². The monoisotopic (exact) mass is 403 g/mol. The molecule has 1 N–H and O–H groups in total. The zero-order valence-electron chi connectivity index (χ0n) is 18.0. The minimum atomic E-state index is -0.0281. The van der Waals surface area contributed by atoms with Crippen molar-refractivity contribution < 1.29 is 9.53 Å². The number of ether oxygens (including phenoxy) is 1. The van der Waals surface area contributed by atoms with Crippen LogP contribution in [0.5, 0.6) is 0 Å². The Morgan fingerprint density at radius 1 is 1.00 bits per heavy atom. The molecule has 1 saturated carbocycles. The maximum absolute atomic E-state index is 12.3. The minimum absolute atomic E-state index is 0.00526. The fourth-order valence-electron chi connectivity index (χ4n) is 5.03. The van der Waals surface area contributed by atoms with Crippen molar-refractivity contribution in [1.29, 1.82) is 0 Å². The molecule has 0 spiro atoms. The maximum atomic E-state index is 12.3. The number of rotatable bonds is 6. The highest BCUT2D eigenvalue weighted by molar-refractivity contribution is 5.83. The fourth-order valence-corrected chi connectivity index (χ4v) is 5.03. The summed E-state index contributed by atoms with van der Waals surface area (Å²) in [5, 5.41) is 3.67. The van der Waals surface area contributed by atoms with Crippen LogP contribution < -0.4 is 5.32 Å². The van der Waals surface area contributed by atoms with Crippen LogP contribution in [0.3, 0.4) is 0 Å². The van der Waals surface area contributed by atoms with E-state index in [2.05, 4.69) is 59.9 Å². The van der Waals surface area contributed by atoms with E-state index in [1.165, 1.54) is 34.2 Å². The molecule has 2 aromatic rings. The Kier molecular flexibility index (Phi) is 7.01. The summed E-state index contributed by atoms with van der Waals surface area (Å²) in [7, 11) is 0. The molecule has 0 heterocycles. The van der Waals surface area contributed by atoms with Gasteiger partial charge in [0.2, 0.25) is 0 Å². The topological polar surface area (TPSA) is 38.3 Å². The first kappa shape index (κ1) is 20.9. The fraction of sp³-hybridized carbons (Fsp3) is 0.444. The standard InChI is InChI=1S/C27H33NO2/c1-2-30-27(29)25-14-7-8-16-26(25)28-19-9-15-24-22-12-5-3-10-20(22)17-18-21-11-4-6-13-23(21)24/h3-6,10-13,15,25-26,28H,2,7-9,14,16-19H2,1H3. The number of hydrogen-bond acceptors (Lipinski definition) is 3. The molecule has 0 aliphatic heterocycles. The number of nitrogens with one attached hydrogen (secondary N) is 1. The van der Waals surface area contributed by atoms with Crippen molar-refractivity contribution in [1.82, 2.24) is 5.32 Å². The Bertz CT molecular complexity index is 852. The number of aryl methyl sites for hydroxylation is 2. The van der Waals surface area contributed by atoms with Gasteiger partial charge in [0.25, 0.3) is 0 Å². The van der Waals surface area contributed by atoms with Crippen LogP contribution in [-0.4, -0.2) is 25.2 Å². The highest BCUT2D eigenvalue weighted by atomic mass is 16.5. The molecule has 3 heteroatoms. The summed E-state index contributed by atoms with van der Waals surface area (Å²) in [6.07, 6.45) is 9.83. The van der Waals surface area contributed by atoms with Crippen molar-refractivity contribution in [3.63, 3.8) is 0 Å². The van der Waals surface area contributed by atoms with Crippen LogP contribution in [0.15, 0.2) is 54.6 Å². The molecule has 2 atom stereocenters. The van der Waals surface area contributed by atoms with Gasteiger partial charge in [-0.05, 0) is 73.4 Å². The average Bonchev–Trinajstić information content (AvgIpc) is 2.94. The largest absolute Gasteiger partial charge is 0.466 e. The lowest BCUT2D eigenvalue weighted by Crippen LogP contribution is -2.43. The molecule has 30 heavy (non-hydrogen) atoms. The molecule has 3 nitrogen and oxygen atoms in total. The van der Waals surface area contributed by atoms with E-state index in [0.717, 1.165) is 45.1 Å². The van der Waals surface area contributed by atoms with Gasteiger partial charge < -0.3 is 10.1 Å². The van der Waals surface area contributed by atoms with Crippen molar-refractivity contribution in [2.45, 2.75) is 57.9 Å². The van der Waals surface area contributed by atoms with Gasteiger partial charge in [-0.25, -0.2) is 0 Å². The molecule has 158 valence electrons. The van der Waals surface area contributed by atoms with Gasteiger partial charge in [0.15, 0.2) is 0 Å². The Morgan fingerprint density at radius 2 is 1.63 bits per heavy atom. The number of benzene rings is 2. The molecular weight excluding hydrogens is 370 g/mol. The van der Waals surface area contributed by atoms with Gasteiger partial charge in [-0.1, -0.05) is 67.4 Å². The zero-order valence-corrected chi connectivity index (χ0v) is 18.0. The Morgan fingerprint density at radius 3 is 2.30 bits per heavy atom. The maximum Gasteiger partial charge on any atom is 0.310 e. The van der Waals surface area contributed by atoms with Gasteiger partial charge in [-0.3, -0.25) is 4.79 Å². The number of esters is 1. The molecular formula is C27H33NO2. The molecule has 4 rings (SSSR count). The molecule has 0 radical (unpaired) electrons. The first-order valence-corrected chi connectivity index (χ1v) is 11.5. The van der Waals surface area contributed by atoms with Gasteiger partial charge in [-0.2, -0.15) is 0 Å². The lowest BCUT2D eigenvalue weighted by atomic mass is 9.84. The SMILES string of the molecule is CCOC(=O)C1CCCCC1NCCC=C1c2ccccc2CCc2ccccc21. The van der Waals surface area contributed by atoms with E-state index >= 15 is 0 Å². The van der Waals surface area contributed by atoms with E-state index in [1.54, 1.807) is 0 Å². The van der Waals surface area contributed by atoms with Crippen molar-refractivity contribution in [3.8, 4) is 0 Å². The summed E-state index contributed by atoms with van der Waals surface area (Å²) in [6.45, 7) is 3.24. The second kappa shape index (κ2) is 10.1. The van der Waals surface area contributed by atoms with Gasteiger partial charge >= 0.3 is 5.97 Å². The Hall–Kier alpha value is -2.39. The van der Waals surface area contributed by atoms with Crippen molar-refractivity contribution >= 4 is 11.5 Å². The predicted octanol–water partition coefficient (Wildman–Crippen LogP) is 5.32. The van der Waals surface area contributed by atoms with E-state index in [0.29, 0.717) is 6.61 Å². The summed E-state index contributed by atoms with van der Waals surface area (Å²) in [5.74, 6) is -0.0228. The van der Waals surface area contributed by atoms with E-state index in [1.807, 2.05) is 6.92 Å². The number of hydrogen-bond donors (Lipinski definition) is 1. The highest BCUT2D eigenvalue weighted by Gasteiger charge is 2.31. The molecule has 2 aliphatic carbocycles.